The average molecular weight is 238 g/mol. The molecule has 3 nitrogen and oxygen atoms in total. The van der Waals surface area contributed by atoms with Gasteiger partial charge in [0.2, 0.25) is 0 Å². The van der Waals surface area contributed by atoms with Crippen LogP contribution in [0.25, 0.3) is 0 Å². The highest BCUT2D eigenvalue weighted by atomic mass is 32.2. The summed E-state index contributed by atoms with van der Waals surface area (Å²) in [6, 6.07) is 8.99. The summed E-state index contributed by atoms with van der Waals surface area (Å²) in [6.45, 7) is 2.34. The van der Waals surface area contributed by atoms with Crippen molar-refractivity contribution in [3.05, 3.63) is 35.9 Å². The number of rotatable bonds is 3. The zero-order valence-corrected chi connectivity index (χ0v) is 9.91. The van der Waals surface area contributed by atoms with Crippen molar-refractivity contribution in [1.82, 2.24) is 0 Å². The normalized spacial score (nSPS) is 24.3. The Bertz CT molecular complexity index is 353. The van der Waals surface area contributed by atoms with Crippen LogP contribution < -0.4 is 0 Å². The molecule has 0 bridgehead atoms. The molecule has 0 N–H and O–H groups in total. The van der Waals surface area contributed by atoms with Gasteiger partial charge in [-0.2, -0.15) is 0 Å². The first-order valence-electron chi connectivity index (χ1n) is 5.25. The Kier molecular flexibility index (Phi) is 3.85. The summed E-state index contributed by atoms with van der Waals surface area (Å²) in [4.78, 5) is 11.6. The van der Waals surface area contributed by atoms with Gasteiger partial charge in [0.25, 0.3) is 0 Å². The molecular weight excluding hydrogens is 224 g/mol. The number of carbonyl (C=O) groups excluding carboxylic acids is 1. The maximum Gasteiger partial charge on any atom is 0.338 e. The molecule has 1 saturated heterocycles. The summed E-state index contributed by atoms with van der Waals surface area (Å²) in [5, 5.41) is 0. The maximum atomic E-state index is 11.6. The van der Waals surface area contributed by atoms with Crippen LogP contribution >= 0.6 is 11.8 Å². The van der Waals surface area contributed by atoms with Crippen LogP contribution in [0.5, 0.6) is 0 Å². The van der Waals surface area contributed by atoms with Gasteiger partial charge in [-0.05, 0) is 19.1 Å². The standard InChI is InChI=1S/C12H14O3S/c1-9-8-16-11(15-9)7-14-12(13)10-5-3-2-4-6-10/h2-6,9,11H,7-8H2,1H3/t9-,11+/m0/s1. The summed E-state index contributed by atoms with van der Waals surface area (Å²) < 4.78 is 10.7. The van der Waals surface area contributed by atoms with Crippen molar-refractivity contribution in [2.75, 3.05) is 12.4 Å². The van der Waals surface area contributed by atoms with Crippen LogP contribution in [0.2, 0.25) is 0 Å². The van der Waals surface area contributed by atoms with E-state index >= 15 is 0 Å². The quantitative estimate of drug-likeness (QED) is 0.757. The van der Waals surface area contributed by atoms with Crippen molar-refractivity contribution in [3.8, 4) is 0 Å². The molecule has 1 aromatic carbocycles. The van der Waals surface area contributed by atoms with Crippen molar-refractivity contribution < 1.29 is 14.3 Å². The van der Waals surface area contributed by atoms with E-state index in [0.717, 1.165) is 5.75 Å². The Labute approximate surface area is 99.1 Å². The lowest BCUT2D eigenvalue weighted by molar-refractivity contribution is 0.0138. The van der Waals surface area contributed by atoms with E-state index in [1.54, 1.807) is 23.9 Å². The number of carbonyl (C=O) groups is 1. The van der Waals surface area contributed by atoms with Crippen molar-refractivity contribution in [2.24, 2.45) is 0 Å². The van der Waals surface area contributed by atoms with Gasteiger partial charge in [-0.15, -0.1) is 11.8 Å². The van der Waals surface area contributed by atoms with E-state index in [-0.39, 0.29) is 17.5 Å². The summed E-state index contributed by atoms with van der Waals surface area (Å²) >= 11 is 1.69. The molecule has 2 atom stereocenters. The van der Waals surface area contributed by atoms with Gasteiger partial charge in [-0.3, -0.25) is 0 Å². The van der Waals surface area contributed by atoms with E-state index in [1.807, 2.05) is 25.1 Å². The molecule has 0 aromatic heterocycles. The molecule has 0 unspecified atom stereocenters. The average Bonchev–Trinajstić information content (AvgIpc) is 2.73. The van der Waals surface area contributed by atoms with Crippen molar-refractivity contribution in [3.63, 3.8) is 0 Å². The third-order valence-corrected chi connectivity index (χ3v) is 3.54. The van der Waals surface area contributed by atoms with Gasteiger partial charge < -0.3 is 9.47 Å². The minimum atomic E-state index is -0.288. The third-order valence-electron chi connectivity index (χ3n) is 2.26. The largest absolute Gasteiger partial charge is 0.458 e. The number of esters is 1. The Morgan fingerprint density at radius 3 is 2.88 bits per heavy atom. The topological polar surface area (TPSA) is 35.5 Å². The highest BCUT2D eigenvalue weighted by Crippen LogP contribution is 2.25. The van der Waals surface area contributed by atoms with E-state index in [1.165, 1.54) is 0 Å². The van der Waals surface area contributed by atoms with E-state index < -0.39 is 0 Å². The predicted molar refractivity (Wildman–Crippen MR) is 63.5 cm³/mol. The second-order valence-electron chi connectivity index (χ2n) is 3.67. The molecule has 0 spiro atoms. The lowest BCUT2D eigenvalue weighted by Gasteiger charge is -2.10. The first-order valence-corrected chi connectivity index (χ1v) is 6.30. The van der Waals surface area contributed by atoms with Gasteiger partial charge in [-0.25, -0.2) is 4.79 Å². The van der Waals surface area contributed by atoms with Crippen LogP contribution in [0, 0.1) is 0 Å². The minimum absolute atomic E-state index is 0.0114. The van der Waals surface area contributed by atoms with E-state index in [9.17, 15) is 4.79 Å². The lowest BCUT2D eigenvalue weighted by Crippen LogP contribution is -2.17. The van der Waals surface area contributed by atoms with Crippen molar-refractivity contribution in [1.29, 1.82) is 0 Å². The van der Waals surface area contributed by atoms with E-state index in [4.69, 9.17) is 9.47 Å². The molecule has 0 saturated carbocycles. The highest BCUT2D eigenvalue weighted by molar-refractivity contribution is 8.00. The highest BCUT2D eigenvalue weighted by Gasteiger charge is 2.23. The Morgan fingerprint density at radius 1 is 1.50 bits per heavy atom. The molecule has 1 fully saturated rings. The number of hydrogen-bond acceptors (Lipinski definition) is 4. The Balaban J connectivity index is 1.80. The van der Waals surface area contributed by atoms with E-state index in [2.05, 4.69) is 0 Å². The first-order chi connectivity index (χ1) is 7.75. The lowest BCUT2D eigenvalue weighted by atomic mass is 10.2. The van der Waals surface area contributed by atoms with Gasteiger partial charge in [-0.1, -0.05) is 18.2 Å². The van der Waals surface area contributed by atoms with Crippen LogP contribution in [0.15, 0.2) is 30.3 Å². The Morgan fingerprint density at radius 2 is 2.25 bits per heavy atom. The predicted octanol–water partition coefficient (Wildman–Crippen LogP) is 2.32. The second kappa shape index (κ2) is 5.37. The van der Waals surface area contributed by atoms with Gasteiger partial charge >= 0.3 is 5.97 Å². The summed E-state index contributed by atoms with van der Waals surface area (Å²) in [6.07, 6.45) is 0.255. The zero-order valence-electron chi connectivity index (χ0n) is 9.09. The fraction of sp³-hybridized carbons (Fsp3) is 0.417. The SMILES string of the molecule is C[C@H]1CS[C@H](COC(=O)c2ccccc2)O1. The fourth-order valence-corrected chi connectivity index (χ4v) is 2.47. The molecule has 1 aromatic rings. The molecule has 1 aliphatic heterocycles. The monoisotopic (exact) mass is 238 g/mol. The number of benzene rings is 1. The molecule has 0 aliphatic carbocycles. The van der Waals surface area contributed by atoms with Crippen LogP contribution in [0.3, 0.4) is 0 Å². The number of ether oxygens (including phenoxy) is 2. The van der Waals surface area contributed by atoms with E-state index in [0.29, 0.717) is 12.2 Å². The van der Waals surface area contributed by atoms with Crippen molar-refractivity contribution >= 4 is 17.7 Å². The summed E-state index contributed by atoms with van der Waals surface area (Å²) in [7, 11) is 0. The molecule has 1 heterocycles. The van der Waals surface area contributed by atoms with Gasteiger partial charge in [0, 0.05) is 5.75 Å². The molecule has 86 valence electrons. The zero-order chi connectivity index (χ0) is 11.4. The first kappa shape index (κ1) is 11.5. The van der Waals surface area contributed by atoms with Crippen LogP contribution in [-0.4, -0.2) is 29.9 Å². The number of thioether (sulfide) groups is 1. The second-order valence-corrected chi connectivity index (χ2v) is 4.87. The van der Waals surface area contributed by atoms with Gasteiger partial charge in [0.1, 0.15) is 12.0 Å². The Hall–Kier alpha value is -1.00. The summed E-state index contributed by atoms with van der Waals surface area (Å²) in [5.41, 5.74) is 0.571. The van der Waals surface area contributed by atoms with Crippen LogP contribution in [0.4, 0.5) is 0 Å². The fourth-order valence-electron chi connectivity index (χ4n) is 1.47. The molecule has 16 heavy (non-hydrogen) atoms. The van der Waals surface area contributed by atoms with Gasteiger partial charge in [0.15, 0.2) is 0 Å². The van der Waals surface area contributed by atoms with Crippen molar-refractivity contribution in [2.45, 2.75) is 18.5 Å². The third kappa shape index (κ3) is 3.00. The molecule has 4 heteroatoms. The van der Waals surface area contributed by atoms with Crippen LogP contribution in [0.1, 0.15) is 17.3 Å². The maximum absolute atomic E-state index is 11.6. The molecule has 2 rings (SSSR count). The summed E-state index contributed by atoms with van der Waals surface area (Å²) in [5.74, 6) is 0.678. The minimum Gasteiger partial charge on any atom is -0.458 e. The molecule has 0 radical (unpaired) electrons. The van der Waals surface area contributed by atoms with Crippen LogP contribution in [-0.2, 0) is 9.47 Å². The molecular formula is C12H14O3S. The smallest absolute Gasteiger partial charge is 0.338 e. The van der Waals surface area contributed by atoms with Gasteiger partial charge in [0.05, 0.1) is 11.7 Å². The molecule has 0 amide bonds. The number of hydrogen-bond donors (Lipinski definition) is 0. The molecule has 1 aliphatic rings.